The number of aryl methyl sites for hydroxylation is 1. The number of hydrogen-bond donors (Lipinski definition) is 1. The van der Waals surface area contributed by atoms with Gasteiger partial charge in [0.15, 0.2) is 0 Å². The molecule has 5 heteroatoms. The van der Waals surface area contributed by atoms with E-state index in [9.17, 15) is 0 Å². The second-order valence-corrected chi connectivity index (χ2v) is 4.08. The molecule has 0 radical (unpaired) electrons. The molecule has 1 saturated heterocycles. The van der Waals surface area contributed by atoms with Crippen LogP contribution in [-0.4, -0.2) is 42.2 Å². The van der Waals surface area contributed by atoms with Crippen LogP contribution in [-0.2, 0) is 23.1 Å². The van der Waals surface area contributed by atoms with E-state index in [1.165, 1.54) is 11.3 Å². The Morgan fingerprint density at radius 3 is 3.06 bits per heavy atom. The fraction of sp³-hybridized carbons (Fsp3) is 0.727. The average Bonchev–Trinajstić information content (AvgIpc) is 2.62. The minimum atomic E-state index is 0.186. The first-order valence-corrected chi connectivity index (χ1v) is 5.65. The average molecular weight is 225 g/mol. The van der Waals surface area contributed by atoms with E-state index in [-0.39, 0.29) is 6.10 Å². The molecular weight excluding hydrogens is 206 g/mol. The van der Waals surface area contributed by atoms with E-state index in [0.717, 1.165) is 19.7 Å². The SMILES string of the molecule is Cc1c(CNCC2COCCO2)cnn1C. The highest BCUT2D eigenvalue weighted by Gasteiger charge is 2.13. The number of nitrogens with one attached hydrogen (secondary N) is 1. The number of hydrogen-bond acceptors (Lipinski definition) is 4. The lowest BCUT2D eigenvalue weighted by atomic mass is 10.2. The summed E-state index contributed by atoms with van der Waals surface area (Å²) in [5.41, 5.74) is 2.44. The zero-order valence-electron chi connectivity index (χ0n) is 9.90. The Bertz CT molecular complexity index is 332. The van der Waals surface area contributed by atoms with E-state index < -0.39 is 0 Å². The van der Waals surface area contributed by atoms with Gasteiger partial charge in [-0.2, -0.15) is 5.10 Å². The summed E-state index contributed by atoms with van der Waals surface area (Å²) in [5, 5.41) is 7.57. The Kier molecular flexibility index (Phi) is 3.93. The van der Waals surface area contributed by atoms with Gasteiger partial charge in [0.25, 0.3) is 0 Å². The third kappa shape index (κ3) is 2.81. The Labute approximate surface area is 95.7 Å². The maximum absolute atomic E-state index is 5.54. The maximum Gasteiger partial charge on any atom is 0.0933 e. The molecule has 1 atom stereocenters. The summed E-state index contributed by atoms with van der Waals surface area (Å²) in [4.78, 5) is 0. The van der Waals surface area contributed by atoms with E-state index in [4.69, 9.17) is 9.47 Å². The monoisotopic (exact) mass is 225 g/mol. The Hall–Kier alpha value is -0.910. The molecule has 2 rings (SSSR count). The predicted octanol–water partition coefficient (Wildman–Crippen LogP) is 0.234. The van der Waals surface area contributed by atoms with Gasteiger partial charge < -0.3 is 14.8 Å². The third-order valence-corrected chi connectivity index (χ3v) is 2.91. The van der Waals surface area contributed by atoms with Gasteiger partial charge in [0, 0.05) is 31.4 Å². The summed E-state index contributed by atoms with van der Waals surface area (Å²) < 4.78 is 12.8. The highest BCUT2D eigenvalue weighted by atomic mass is 16.6. The Morgan fingerprint density at radius 2 is 2.44 bits per heavy atom. The lowest BCUT2D eigenvalue weighted by Crippen LogP contribution is -2.37. The minimum absolute atomic E-state index is 0.186. The lowest BCUT2D eigenvalue weighted by Gasteiger charge is -2.23. The van der Waals surface area contributed by atoms with Crippen molar-refractivity contribution in [1.82, 2.24) is 15.1 Å². The maximum atomic E-state index is 5.54. The molecule has 2 heterocycles. The van der Waals surface area contributed by atoms with E-state index in [2.05, 4.69) is 17.3 Å². The topological polar surface area (TPSA) is 48.3 Å². The van der Waals surface area contributed by atoms with Gasteiger partial charge in [0.1, 0.15) is 0 Å². The third-order valence-electron chi connectivity index (χ3n) is 2.91. The lowest BCUT2D eigenvalue weighted by molar-refractivity contribution is -0.0864. The normalized spacial score (nSPS) is 21.2. The van der Waals surface area contributed by atoms with Crippen molar-refractivity contribution in [2.75, 3.05) is 26.4 Å². The standard InChI is InChI=1S/C11H19N3O2/c1-9-10(6-13-14(9)2)5-12-7-11-8-15-3-4-16-11/h6,11-12H,3-5,7-8H2,1-2H3. The first kappa shape index (κ1) is 11.6. The van der Waals surface area contributed by atoms with Crippen LogP contribution in [0.4, 0.5) is 0 Å². The van der Waals surface area contributed by atoms with Crippen molar-refractivity contribution in [1.29, 1.82) is 0 Å². The van der Waals surface area contributed by atoms with Gasteiger partial charge in [-0.05, 0) is 6.92 Å². The van der Waals surface area contributed by atoms with Crippen LogP contribution in [0, 0.1) is 6.92 Å². The predicted molar refractivity (Wildman–Crippen MR) is 60.2 cm³/mol. The quantitative estimate of drug-likeness (QED) is 0.797. The van der Waals surface area contributed by atoms with Gasteiger partial charge >= 0.3 is 0 Å². The molecule has 0 bridgehead atoms. The summed E-state index contributed by atoms with van der Waals surface area (Å²) >= 11 is 0. The van der Waals surface area contributed by atoms with Crippen LogP contribution in [0.5, 0.6) is 0 Å². The molecule has 1 aromatic heterocycles. The van der Waals surface area contributed by atoms with Crippen molar-refractivity contribution in [3.8, 4) is 0 Å². The van der Waals surface area contributed by atoms with Crippen molar-refractivity contribution in [2.24, 2.45) is 7.05 Å². The molecule has 1 aliphatic rings. The molecule has 16 heavy (non-hydrogen) atoms. The van der Waals surface area contributed by atoms with Gasteiger partial charge in [-0.1, -0.05) is 0 Å². The highest BCUT2D eigenvalue weighted by Crippen LogP contribution is 2.05. The van der Waals surface area contributed by atoms with Crippen molar-refractivity contribution >= 4 is 0 Å². The van der Waals surface area contributed by atoms with E-state index in [0.29, 0.717) is 13.2 Å². The minimum Gasteiger partial charge on any atom is -0.376 e. The van der Waals surface area contributed by atoms with Crippen LogP contribution < -0.4 is 5.32 Å². The summed E-state index contributed by atoms with van der Waals surface area (Å²) in [6, 6.07) is 0. The molecule has 1 fully saturated rings. The molecule has 1 aromatic rings. The van der Waals surface area contributed by atoms with Gasteiger partial charge in [-0.25, -0.2) is 0 Å². The molecule has 1 N–H and O–H groups in total. The fourth-order valence-electron chi connectivity index (χ4n) is 1.74. The fourth-order valence-corrected chi connectivity index (χ4v) is 1.74. The summed E-state index contributed by atoms with van der Waals surface area (Å²) in [5.74, 6) is 0. The van der Waals surface area contributed by atoms with Gasteiger partial charge in [-0.3, -0.25) is 4.68 Å². The van der Waals surface area contributed by atoms with E-state index in [1.54, 1.807) is 0 Å². The first-order chi connectivity index (χ1) is 7.77. The van der Waals surface area contributed by atoms with Crippen molar-refractivity contribution < 1.29 is 9.47 Å². The smallest absolute Gasteiger partial charge is 0.0933 e. The molecular formula is C11H19N3O2. The Morgan fingerprint density at radius 1 is 1.56 bits per heavy atom. The largest absolute Gasteiger partial charge is 0.376 e. The van der Waals surface area contributed by atoms with Crippen LogP contribution in [0.3, 0.4) is 0 Å². The molecule has 5 nitrogen and oxygen atoms in total. The molecule has 90 valence electrons. The van der Waals surface area contributed by atoms with Crippen molar-refractivity contribution in [3.63, 3.8) is 0 Å². The summed E-state index contributed by atoms with van der Waals surface area (Å²) in [7, 11) is 1.96. The highest BCUT2D eigenvalue weighted by molar-refractivity contribution is 5.15. The number of ether oxygens (including phenoxy) is 2. The van der Waals surface area contributed by atoms with E-state index >= 15 is 0 Å². The Balaban J connectivity index is 1.73. The first-order valence-electron chi connectivity index (χ1n) is 5.65. The molecule has 0 saturated carbocycles. The van der Waals surface area contributed by atoms with Gasteiger partial charge in [0.05, 0.1) is 32.1 Å². The molecule has 0 aromatic carbocycles. The van der Waals surface area contributed by atoms with E-state index in [1.807, 2.05) is 17.9 Å². The van der Waals surface area contributed by atoms with Crippen molar-refractivity contribution in [2.45, 2.75) is 19.6 Å². The molecule has 1 aliphatic heterocycles. The molecule has 0 amide bonds. The second kappa shape index (κ2) is 5.43. The summed E-state index contributed by atoms with van der Waals surface area (Å²) in [6.07, 6.45) is 2.09. The molecule has 1 unspecified atom stereocenters. The molecule has 0 spiro atoms. The van der Waals surface area contributed by atoms with Crippen LogP contribution in [0.2, 0.25) is 0 Å². The zero-order chi connectivity index (χ0) is 11.4. The number of rotatable bonds is 4. The van der Waals surface area contributed by atoms with Crippen LogP contribution in [0.1, 0.15) is 11.3 Å². The summed E-state index contributed by atoms with van der Waals surface area (Å²) in [6.45, 7) is 5.85. The van der Waals surface area contributed by atoms with Crippen LogP contribution in [0.25, 0.3) is 0 Å². The van der Waals surface area contributed by atoms with Gasteiger partial charge in [-0.15, -0.1) is 0 Å². The number of nitrogens with zero attached hydrogens (tertiary/aromatic N) is 2. The van der Waals surface area contributed by atoms with Crippen molar-refractivity contribution in [3.05, 3.63) is 17.5 Å². The molecule has 0 aliphatic carbocycles. The van der Waals surface area contributed by atoms with Crippen LogP contribution >= 0.6 is 0 Å². The second-order valence-electron chi connectivity index (χ2n) is 4.08. The van der Waals surface area contributed by atoms with Crippen LogP contribution in [0.15, 0.2) is 6.20 Å². The van der Waals surface area contributed by atoms with Gasteiger partial charge in [0.2, 0.25) is 0 Å². The number of aromatic nitrogens is 2. The zero-order valence-corrected chi connectivity index (χ0v) is 9.90.